The molecule has 0 bridgehead atoms. The topological polar surface area (TPSA) is 78.9 Å². The molecule has 0 fully saturated rings. The molecule has 0 spiro atoms. The number of esters is 3. The van der Waals surface area contributed by atoms with Crippen molar-refractivity contribution in [1.82, 2.24) is 0 Å². The van der Waals surface area contributed by atoms with Crippen LogP contribution in [0.25, 0.3) is 0 Å². The lowest BCUT2D eigenvalue weighted by Gasteiger charge is -2.11. The Morgan fingerprint density at radius 2 is 1.19 bits per heavy atom. The molecule has 2 atom stereocenters. The predicted molar refractivity (Wildman–Crippen MR) is 142 cm³/mol. The number of rotatable bonds is 10. The van der Waals surface area contributed by atoms with E-state index in [1.807, 2.05) is 0 Å². The third-order valence-electron chi connectivity index (χ3n) is 2.45. The molecule has 0 aromatic heterocycles. The summed E-state index contributed by atoms with van der Waals surface area (Å²) in [6, 6.07) is 0. The fourth-order valence-electron chi connectivity index (χ4n) is 1.38. The predicted octanol–water partition coefficient (Wildman–Crippen LogP) is 5.44. The van der Waals surface area contributed by atoms with Crippen LogP contribution in [0.5, 0.6) is 0 Å². The second kappa shape index (κ2) is 25.1. The van der Waals surface area contributed by atoms with E-state index in [1.54, 1.807) is 20.8 Å². The van der Waals surface area contributed by atoms with Crippen LogP contribution in [0.2, 0.25) is 0 Å². The summed E-state index contributed by atoms with van der Waals surface area (Å²) < 4.78 is 15.2. The molecule has 0 aliphatic heterocycles. The quantitative estimate of drug-likeness (QED) is 0.0961. The Morgan fingerprint density at radius 3 is 1.41 bits per heavy atom. The summed E-state index contributed by atoms with van der Waals surface area (Å²) in [7, 11) is 0. The average molecular weight is 836 g/mol. The Hall–Kier alpha value is 1.07. The third kappa shape index (κ3) is 25.0. The molecule has 0 aromatic rings. The smallest absolute Gasteiger partial charge is 0.330 e. The monoisotopic (exact) mass is 836 g/mol. The zero-order chi connectivity index (χ0) is 21.7. The zero-order valence-electron chi connectivity index (χ0n) is 15.9. The first-order valence-electron chi connectivity index (χ1n) is 8.27. The van der Waals surface area contributed by atoms with Gasteiger partial charge in [-0.25, -0.2) is 4.79 Å². The summed E-state index contributed by atoms with van der Waals surface area (Å²) in [5, 5.41) is 0. The largest absolute Gasteiger partial charge is 0.465 e. The highest BCUT2D eigenvalue weighted by Crippen LogP contribution is 2.17. The van der Waals surface area contributed by atoms with E-state index < -0.39 is 0 Å². The molecule has 0 saturated heterocycles. The fourth-order valence-corrected chi connectivity index (χ4v) is 2.62. The first kappa shape index (κ1) is 32.7. The molecule has 0 heterocycles. The second-order valence-electron chi connectivity index (χ2n) is 4.43. The molecule has 160 valence electrons. The van der Waals surface area contributed by atoms with Crippen LogP contribution in [0.15, 0.2) is 12.7 Å². The molecule has 0 aliphatic rings. The van der Waals surface area contributed by atoms with Gasteiger partial charge >= 0.3 is 17.9 Å². The van der Waals surface area contributed by atoms with Gasteiger partial charge in [0.05, 0.1) is 22.3 Å². The normalized spacial score (nSPS) is 11.4. The number of hydrogen-bond donors (Lipinski definition) is 0. The van der Waals surface area contributed by atoms with E-state index in [9.17, 15) is 14.4 Å². The molecule has 0 amide bonds. The highest BCUT2D eigenvalue weighted by Gasteiger charge is 2.19. The third-order valence-corrected chi connectivity index (χ3v) is 4.72. The van der Waals surface area contributed by atoms with Crippen LogP contribution in [0.4, 0.5) is 0 Å². The van der Waals surface area contributed by atoms with Gasteiger partial charge in [0.2, 0.25) is 0 Å². The fraction of sp³-hybridized carbons (Fsp3) is 0.706. The van der Waals surface area contributed by atoms with Gasteiger partial charge in [0.25, 0.3) is 0 Å². The molecular formula is C17H28I4O6. The van der Waals surface area contributed by atoms with Crippen LogP contribution in [0.3, 0.4) is 0 Å². The van der Waals surface area contributed by atoms with Gasteiger partial charge in [0, 0.05) is 6.08 Å². The summed E-state index contributed by atoms with van der Waals surface area (Å²) in [4.78, 5) is 32.7. The standard InChI is InChI=1S/C11H18I2O4.C5H8O2.CH2I2/c1-3-16-10(14)8(12)6-5-7-9(13)11(15)17-4-2;1-3-5(6)7-4-2;2-1-3/h8-9H,3-7H2,1-2H3;3H,1,4H2,2H3;1H2. The molecule has 0 aliphatic carbocycles. The van der Waals surface area contributed by atoms with Crippen LogP contribution < -0.4 is 0 Å². The van der Waals surface area contributed by atoms with Crippen LogP contribution in [0.1, 0.15) is 40.0 Å². The van der Waals surface area contributed by atoms with Gasteiger partial charge in [0.1, 0.15) is 7.85 Å². The van der Waals surface area contributed by atoms with Crippen molar-refractivity contribution < 1.29 is 28.6 Å². The van der Waals surface area contributed by atoms with Crippen LogP contribution >= 0.6 is 90.4 Å². The number of alkyl halides is 4. The first-order valence-corrected chi connectivity index (χ1v) is 13.8. The molecular weight excluding hydrogens is 808 g/mol. The average Bonchev–Trinajstić information content (AvgIpc) is 2.63. The van der Waals surface area contributed by atoms with E-state index in [4.69, 9.17) is 9.47 Å². The highest BCUT2D eigenvalue weighted by atomic mass is 127. The Morgan fingerprint density at radius 1 is 0.852 bits per heavy atom. The van der Waals surface area contributed by atoms with Crippen molar-refractivity contribution in [2.75, 3.05) is 22.3 Å². The zero-order valence-corrected chi connectivity index (χ0v) is 24.5. The number of carbonyl (C=O) groups is 3. The molecule has 6 nitrogen and oxygen atoms in total. The van der Waals surface area contributed by atoms with E-state index in [2.05, 4.69) is 102 Å². The molecule has 0 radical (unpaired) electrons. The van der Waals surface area contributed by atoms with Crippen molar-refractivity contribution >= 4 is 108 Å². The van der Waals surface area contributed by atoms with Gasteiger partial charge in [-0.1, -0.05) is 103 Å². The van der Waals surface area contributed by atoms with E-state index >= 15 is 0 Å². The maximum absolute atomic E-state index is 11.3. The molecule has 0 N–H and O–H groups in total. The van der Waals surface area contributed by atoms with E-state index in [0.29, 0.717) is 19.8 Å². The molecule has 0 rings (SSSR count). The minimum absolute atomic E-state index is 0.127. The lowest BCUT2D eigenvalue weighted by molar-refractivity contribution is -0.142. The summed E-state index contributed by atoms with van der Waals surface area (Å²) in [5.41, 5.74) is 0. The lowest BCUT2D eigenvalue weighted by atomic mass is 10.1. The maximum atomic E-state index is 11.3. The molecule has 10 heteroatoms. The number of ether oxygens (including phenoxy) is 3. The summed E-state index contributed by atoms with van der Waals surface area (Å²) in [6.07, 6.45) is 3.43. The molecule has 2 unspecified atom stereocenters. The summed E-state index contributed by atoms with van der Waals surface area (Å²) in [5.74, 6) is -0.703. The summed E-state index contributed by atoms with van der Waals surface area (Å²) >= 11 is 8.71. The lowest BCUT2D eigenvalue weighted by Crippen LogP contribution is -2.20. The Labute approximate surface area is 217 Å². The van der Waals surface area contributed by atoms with Gasteiger partial charge < -0.3 is 14.2 Å². The van der Waals surface area contributed by atoms with Crippen LogP contribution in [0, 0.1) is 0 Å². The SMILES string of the molecule is C=CC(=O)OCC.CCOC(=O)C(I)CCCC(I)C(=O)OCC.ICI. The van der Waals surface area contributed by atoms with E-state index in [0.717, 1.165) is 25.3 Å². The van der Waals surface area contributed by atoms with Crippen molar-refractivity contribution in [2.24, 2.45) is 0 Å². The van der Waals surface area contributed by atoms with Gasteiger partial charge in [-0.3, -0.25) is 9.59 Å². The first-order chi connectivity index (χ1) is 12.7. The van der Waals surface area contributed by atoms with Crippen molar-refractivity contribution in [1.29, 1.82) is 0 Å². The molecule has 0 saturated carbocycles. The number of halogens is 4. The van der Waals surface area contributed by atoms with E-state index in [1.165, 1.54) is 2.43 Å². The minimum Gasteiger partial charge on any atom is -0.465 e. The van der Waals surface area contributed by atoms with E-state index in [-0.39, 0.29) is 25.8 Å². The van der Waals surface area contributed by atoms with Crippen molar-refractivity contribution in [3.05, 3.63) is 12.7 Å². The highest BCUT2D eigenvalue weighted by molar-refractivity contribution is 14.2. The van der Waals surface area contributed by atoms with Crippen molar-refractivity contribution in [3.63, 3.8) is 0 Å². The number of hydrogen-bond acceptors (Lipinski definition) is 6. The Kier molecular flexibility index (Phi) is 30.4. The maximum Gasteiger partial charge on any atom is 0.330 e. The summed E-state index contributed by atoms with van der Waals surface area (Å²) in [6.45, 7) is 9.79. The van der Waals surface area contributed by atoms with Gasteiger partial charge in [-0.05, 0) is 33.6 Å². The van der Waals surface area contributed by atoms with Crippen molar-refractivity contribution in [3.8, 4) is 0 Å². The Bertz CT molecular complexity index is 383. The molecule has 27 heavy (non-hydrogen) atoms. The van der Waals surface area contributed by atoms with Gasteiger partial charge in [0.15, 0.2) is 0 Å². The van der Waals surface area contributed by atoms with Crippen LogP contribution in [-0.4, -0.2) is 48.0 Å². The number of carbonyl (C=O) groups excluding carboxylic acids is 3. The van der Waals surface area contributed by atoms with Crippen LogP contribution in [-0.2, 0) is 28.6 Å². The van der Waals surface area contributed by atoms with Gasteiger partial charge in [-0.15, -0.1) is 0 Å². The second-order valence-corrected chi connectivity index (χ2v) is 11.9. The van der Waals surface area contributed by atoms with Crippen molar-refractivity contribution in [2.45, 2.75) is 47.9 Å². The van der Waals surface area contributed by atoms with Gasteiger partial charge in [-0.2, -0.15) is 0 Å². The minimum atomic E-state index is -0.359. The Balaban J connectivity index is -0.000000476. The molecule has 0 aromatic carbocycles.